The topological polar surface area (TPSA) is 48.1 Å². The number of alkyl halides is 6. The van der Waals surface area contributed by atoms with Crippen molar-refractivity contribution >= 4 is 5.69 Å². The first-order chi connectivity index (χ1) is 10.1. The minimum atomic E-state index is -4.94. The smallest absolute Gasteiger partial charge is 0.405 e. The Hall–Kier alpha value is -2.45. The molecule has 2 rings (SSSR count). The highest BCUT2D eigenvalue weighted by molar-refractivity contribution is 5.73. The van der Waals surface area contributed by atoms with Crippen molar-refractivity contribution in [2.75, 3.05) is 5.73 Å². The highest BCUT2D eigenvalue weighted by atomic mass is 19.4. The molecule has 9 heteroatoms. The third-order valence-corrected chi connectivity index (χ3v) is 2.59. The van der Waals surface area contributed by atoms with E-state index in [0.717, 1.165) is 24.4 Å². The Bertz CT molecular complexity index is 664. The summed E-state index contributed by atoms with van der Waals surface area (Å²) in [6, 6.07) is 4.98. The summed E-state index contributed by atoms with van der Waals surface area (Å²) in [5.74, 6) is -0.580. The zero-order chi connectivity index (χ0) is 16.5. The SMILES string of the molecule is Nc1ccc(OC(F)(F)F)c(-c2ccc(C(F)(F)F)nc2)c1. The summed E-state index contributed by atoms with van der Waals surface area (Å²) in [5.41, 5.74) is 4.37. The van der Waals surface area contributed by atoms with Crippen molar-refractivity contribution in [3.05, 3.63) is 42.2 Å². The van der Waals surface area contributed by atoms with E-state index in [4.69, 9.17) is 5.73 Å². The number of nitrogen functional groups attached to an aromatic ring is 1. The first-order valence-electron chi connectivity index (χ1n) is 5.75. The molecule has 0 fully saturated rings. The first-order valence-corrected chi connectivity index (χ1v) is 5.75. The summed E-state index contributed by atoms with van der Waals surface area (Å²) in [6.07, 6.45) is -8.77. The number of rotatable bonds is 2. The minimum absolute atomic E-state index is 0.0135. The molecule has 118 valence electrons. The van der Waals surface area contributed by atoms with E-state index in [2.05, 4.69) is 9.72 Å². The Balaban J connectivity index is 2.45. The molecule has 1 aromatic carbocycles. The Kier molecular flexibility index (Phi) is 3.90. The lowest BCUT2D eigenvalue weighted by atomic mass is 10.1. The molecule has 0 saturated carbocycles. The lowest BCUT2D eigenvalue weighted by molar-refractivity contribution is -0.274. The third-order valence-electron chi connectivity index (χ3n) is 2.59. The Morgan fingerprint density at radius 1 is 0.955 bits per heavy atom. The van der Waals surface area contributed by atoms with Gasteiger partial charge in [-0.1, -0.05) is 6.07 Å². The van der Waals surface area contributed by atoms with E-state index in [9.17, 15) is 26.3 Å². The maximum Gasteiger partial charge on any atom is 0.573 e. The van der Waals surface area contributed by atoms with Crippen molar-refractivity contribution in [1.29, 1.82) is 0 Å². The van der Waals surface area contributed by atoms with Crippen LogP contribution in [0.1, 0.15) is 5.69 Å². The van der Waals surface area contributed by atoms with Gasteiger partial charge in [0.15, 0.2) is 0 Å². The van der Waals surface area contributed by atoms with Crippen molar-refractivity contribution in [1.82, 2.24) is 4.98 Å². The number of ether oxygens (including phenoxy) is 1. The van der Waals surface area contributed by atoms with Gasteiger partial charge in [0.2, 0.25) is 0 Å². The molecule has 0 aliphatic rings. The van der Waals surface area contributed by atoms with Gasteiger partial charge in [0.1, 0.15) is 11.4 Å². The van der Waals surface area contributed by atoms with Gasteiger partial charge >= 0.3 is 12.5 Å². The van der Waals surface area contributed by atoms with E-state index in [1.165, 1.54) is 6.07 Å². The van der Waals surface area contributed by atoms with Crippen LogP contribution in [-0.2, 0) is 6.18 Å². The maximum absolute atomic E-state index is 12.4. The average Bonchev–Trinajstić information content (AvgIpc) is 2.38. The van der Waals surface area contributed by atoms with Gasteiger partial charge in [-0.3, -0.25) is 4.98 Å². The number of halogens is 6. The molecular formula is C13H8F6N2O. The zero-order valence-corrected chi connectivity index (χ0v) is 10.7. The summed E-state index contributed by atoms with van der Waals surface area (Å²) in [7, 11) is 0. The summed E-state index contributed by atoms with van der Waals surface area (Å²) in [4.78, 5) is 3.19. The van der Waals surface area contributed by atoms with Crippen molar-refractivity contribution in [3.63, 3.8) is 0 Å². The van der Waals surface area contributed by atoms with Crippen molar-refractivity contribution in [3.8, 4) is 16.9 Å². The van der Waals surface area contributed by atoms with Crippen molar-refractivity contribution < 1.29 is 31.1 Å². The lowest BCUT2D eigenvalue weighted by Crippen LogP contribution is -2.17. The fourth-order valence-corrected chi connectivity index (χ4v) is 1.71. The van der Waals surface area contributed by atoms with Gasteiger partial charge in [0, 0.05) is 23.0 Å². The van der Waals surface area contributed by atoms with Crippen LogP contribution < -0.4 is 10.5 Å². The van der Waals surface area contributed by atoms with Crippen LogP contribution in [0.4, 0.5) is 32.0 Å². The molecule has 0 aliphatic heterocycles. The van der Waals surface area contributed by atoms with Crippen LogP contribution in [-0.4, -0.2) is 11.3 Å². The van der Waals surface area contributed by atoms with E-state index in [0.29, 0.717) is 6.07 Å². The fourth-order valence-electron chi connectivity index (χ4n) is 1.71. The second-order valence-electron chi connectivity index (χ2n) is 4.23. The molecule has 0 radical (unpaired) electrons. The minimum Gasteiger partial charge on any atom is -0.405 e. The number of hydrogen-bond acceptors (Lipinski definition) is 3. The molecule has 0 bridgehead atoms. The zero-order valence-electron chi connectivity index (χ0n) is 10.7. The molecule has 0 spiro atoms. The predicted octanol–water partition coefficient (Wildman–Crippen LogP) is 4.25. The molecule has 0 amide bonds. The molecule has 22 heavy (non-hydrogen) atoms. The second kappa shape index (κ2) is 5.39. The van der Waals surface area contributed by atoms with Gasteiger partial charge in [0.05, 0.1) is 0 Å². The molecular weight excluding hydrogens is 314 g/mol. The molecule has 2 N–H and O–H groups in total. The van der Waals surface area contributed by atoms with Gasteiger partial charge < -0.3 is 10.5 Å². The maximum atomic E-state index is 12.4. The molecule has 1 heterocycles. The van der Waals surface area contributed by atoms with E-state index >= 15 is 0 Å². The molecule has 0 saturated heterocycles. The molecule has 3 nitrogen and oxygen atoms in total. The summed E-state index contributed by atoms with van der Waals surface area (Å²) in [5, 5.41) is 0. The summed E-state index contributed by atoms with van der Waals surface area (Å²) >= 11 is 0. The average molecular weight is 322 g/mol. The Morgan fingerprint density at radius 3 is 2.14 bits per heavy atom. The van der Waals surface area contributed by atoms with Crippen LogP contribution in [0.2, 0.25) is 0 Å². The first kappa shape index (κ1) is 15.9. The number of nitrogens with two attached hydrogens (primary N) is 1. The number of anilines is 1. The molecule has 1 aromatic heterocycles. The molecule has 0 unspecified atom stereocenters. The highest BCUT2D eigenvalue weighted by Crippen LogP contribution is 2.36. The highest BCUT2D eigenvalue weighted by Gasteiger charge is 2.33. The van der Waals surface area contributed by atoms with Gasteiger partial charge in [-0.2, -0.15) is 13.2 Å². The number of pyridine rings is 1. The number of hydrogen-bond donors (Lipinski definition) is 1. The monoisotopic (exact) mass is 322 g/mol. The number of benzene rings is 1. The van der Waals surface area contributed by atoms with Gasteiger partial charge in [-0.05, 0) is 24.3 Å². The Labute approximate surface area is 120 Å². The van der Waals surface area contributed by atoms with Crippen LogP contribution >= 0.6 is 0 Å². The van der Waals surface area contributed by atoms with E-state index < -0.39 is 24.0 Å². The number of aromatic nitrogens is 1. The van der Waals surface area contributed by atoms with E-state index in [-0.39, 0.29) is 16.8 Å². The van der Waals surface area contributed by atoms with Gasteiger partial charge in [-0.25, -0.2) is 0 Å². The van der Waals surface area contributed by atoms with Crippen LogP contribution in [0.15, 0.2) is 36.5 Å². The van der Waals surface area contributed by atoms with Crippen LogP contribution in [0.3, 0.4) is 0 Å². The third kappa shape index (κ3) is 3.80. The lowest BCUT2D eigenvalue weighted by Gasteiger charge is -2.14. The molecule has 2 aromatic rings. The largest absolute Gasteiger partial charge is 0.573 e. The van der Waals surface area contributed by atoms with Crippen molar-refractivity contribution in [2.24, 2.45) is 0 Å². The summed E-state index contributed by atoms with van der Waals surface area (Å²) in [6.45, 7) is 0. The van der Waals surface area contributed by atoms with E-state index in [1.807, 2.05) is 0 Å². The Morgan fingerprint density at radius 2 is 1.64 bits per heavy atom. The van der Waals surface area contributed by atoms with E-state index in [1.54, 1.807) is 0 Å². The van der Waals surface area contributed by atoms with Gasteiger partial charge in [-0.15, -0.1) is 13.2 Å². The normalized spacial score (nSPS) is 12.3. The second-order valence-corrected chi connectivity index (χ2v) is 4.23. The number of nitrogens with zero attached hydrogens (tertiary/aromatic N) is 1. The van der Waals surface area contributed by atoms with Crippen LogP contribution in [0.5, 0.6) is 5.75 Å². The van der Waals surface area contributed by atoms with Gasteiger partial charge in [0.25, 0.3) is 0 Å². The summed E-state index contributed by atoms with van der Waals surface area (Å²) < 4.78 is 78.2. The van der Waals surface area contributed by atoms with Crippen molar-refractivity contribution in [2.45, 2.75) is 12.5 Å². The standard InChI is InChI=1S/C13H8F6N2O/c14-12(15,16)11-4-1-7(6-21-11)9-5-8(20)2-3-10(9)22-13(17,18)19/h1-6H,20H2. The van der Waals surface area contributed by atoms with Crippen LogP contribution in [0, 0.1) is 0 Å². The molecule has 0 aliphatic carbocycles. The quantitative estimate of drug-likeness (QED) is 0.664. The fraction of sp³-hybridized carbons (Fsp3) is 0.154. The predicted molar refractivity (Wildman–Crippen MR) is 65.8 cm³/mol. The van der Waals surface area contributed by atoms with Crippen LogP contribution in [0.25, 0.3) is 11.1 Å². The molecule has 0 atom stereocenters.